The van der Waals surface area contributed by atoms with Crippen LogP contribution in [-0.2, 0) is 0 Å². The highest BCUT2D eigenvalue weighted by molar-refractivity contribution is 6.01. The molecule has 2 N–H and O–H groups in total. The molecule has 6 nitrogen and oxygen atoms in total. The number of hydrogen-bond acceptors (Lipinski definition) is 4. The standard InChI is InChI=1S/C19H25N5O/c1-3-12-8-13-4-5-14(9-12)23(13)24-17-15-6-7-20-18(15)21-10-16(17)22-19(24)11(2)25/h6-7,10-14,25H,3-5,8-9H2,1-2H3,(H,20,21)/t11-,12?,13?,14?/m1/s1. The van der Waals surface area contributed by atoms with Gasteiger partial charge in [0, 0.05) is 23.7 Å². The molecule has 5 rings (SSSR count). The van der Waals surface area contributed by atoms with E-state index < -0.39 is 6.10 Å². The maximum Gasteiger partial charge on any atom is 0.157 e. The molecular weight excluding hydrogens is 314 g/mol. The van der Waals surface area contributed by atoms with Crippen molar-refractivity contribution in [2.75, 3.05) is 5.01 Å². The minimum atomic E-state index is -0.607. The summed E-state index contributed by atoms with van der Waals surface area (Å²) < 4.78 is 2.23. The van der Waals surface area contributed by atoms with Gasteiger partial charge in [-0.3, -0.25) is 0 Å². The van der Waals surface area contributed by atoms with Crippen LogP contribution in [0.15, 0.2) is 18.5 Å². The number of pyridine rings is 1. The van der Waals surface area contributed by atoms with Crippen LogP contribution >= 0.6 is 0 Å². The fraction of sp³-hybridized carbons (Fsp3) is 0.579. The zero-order valence-corrected chi connectivity index (χ0v) is 14.8. The topological polar surface area (TPSA) is 70.0 Å². The number of aliphatic hydroxyl groups is 1. The molecule has 2 fully saturated rings. The molecule has 0 aliphatic carbocycles. The smallest absolute Gasteiger partial charge is 0.157 e. The summed E-state index contributed by atoms with van der Waals surface area (Å²) >= 11 is 0. The van der Waals surface area contributed by atoms with E-state index in [4.69, 9.17) is 4.98 Å². The number of piperidine rings is 1. The van der Waals surface area contributed by atoms with Gasteiger partial charge in [-0.05, 0) is 44.6 Å². The number of H-pyrrole nitrogens is 1. The van der Waals surface area contributed by atoms with E-state index >= 15 is 0 Å². The SMILES string of the molecule is CCC1CC2CCC(C1)N2n1c([C@@H](C)O)nc2cnc3[nH]ccc3c21. The maximum absolute atomic E-state index is 10.4. The van der Waals surface area contributed by atoms with Crippen molar-refractivity contribution in [1.29, 1.82) is 0 Å². The Hall–Kier alpha value is -2.08. The van der Waals surface area contributed by atoms with Gasteiger partial charge < -0.3 is 15.1 Å². The van der Waals surface area contributed by atoms with Crippen molar-refractivity contribution in [3.63, 3.8) is 0 Å². The van der Waals surface area contributed by atoms with E-state index in [1.807, 2.05) is 12.4 Å². The van der Waals surface area contributed by atoms with Crippen molar-refractivity contribution in [1.82, 2.24) is 19.6 Å². The van der Waals surface area contributed by atoms with Crippen molar-refractivity contribution in [3.05, 3.63) is 24.3 Å². The molecule has 3 aromatic rings. The van der Waals surface area contributed by atoms with Crippen LogP contribution in [-0.4, -0.2) is 36.8 Å². The van der Waals surface area contributed by atoms with Gasteiger partial charge in [0.05, 0.1) is 6.20 Å². The van der Waals surface area contributed by atoms with Crippen LogP contribution in [0.1, 0.15) is 57.9 Å². The summed E-state index contributed by atoms with van der Waals surface area (Å²) in [6, 6.07) is 3.15. The van der Waals surface area contributed by atoms with E-state index in [9.17, 15) is 5.11 Å². The first kappa shape index (κ1) is 15.2. The van der Waals surface area contributed by atoms with Gasteiger partial charge in [-0.15, -0.1) is 0 Å². The summed E-state index contributed by atoms with van der Waals surface area (Å²) in [7, 11) is 0. The third-order valence-corrected chi connectivity index (χ3v) is 6.18. The number of imidazole rings is 1. The minimum Gasteiger partial charge on any atom is -0.385 e. The van der Waals surface area contributed by atoms with Gasteiger partial charge in [-0.1, -0.05) is 13.3 Å². The number of fused-ring (bicyclic) bond motifs is 5. The number of hydrogen-bond donors (Lipinski definition) is 2. The molecule has 25 heavy (non-hydrogen) atoms. The van der Waals surface area contributed by atoms with E-state index in [0.29, 0.717) is 12.1 Å². The third-order valence-electron chi connectivity index (χ3n) is 6.18. The average Bonchev–Trinajstić information content (AvgIpc) is 3.27. The Kier molecular flexibility index (Phi) is 3.32. The molecule has 2 unspecified atom stereocenters. The Morgan fingerprint density at radius 1 is 1.32 bits per heavy atom. The fourth-order valence-corrected chi connectivity index (χ4v) is 5.00. The van der Waals surface area contributed by atoms with Crippen LogP contribution in [0.3, 0.4) is 0 Å². The van der Waals surface area contributed by atoms with Crippen LogP contribution in [0.2, 0.25) is 0 Å². The number of rotatable bonds is 3. The van der Waals surface area contributed by atoms with E-state index in [1.54, 1.807) is 6.92 Å². The number of nitrogens with one attached hydrogen (secondary N) is 1. The largest absolute Gasteiger partial charge is 0.385 e. The monoisotopic (exact) mass is 339 g/mol. The molecule has 6 heteroatoms. The fourth-order valence-electron chi connectivity index (χ4n) is 5.00. The molecule has 0 saturated carbocycles. The summed E-state index contributed by atoms with van der Waals surface area (Å²) in [5.41, 5.74) is 2.82. The second-order valence-corrected chi connectivity index (χ2v) is 7.70. The van der Waals surface area contributed by atoms with Gasteiger partial charge in [0.2, 0.25) is 0 Å². The molecule has 2 aliphatic rings. The predicted molar refractivity (Wildman–Crippen MR) is 98.1 cm³/mol. The number of aromatic nitrogens is 4. The average molecular weight is 339 g/mol. The first-order valence-corrected chi connectivity index (χ1v) is 9.48. The van der Waals surface area contributed by atoms with E-state index in [1.165, 1.54) is 32.1 Å². The van der Waals surface area contributed by atoms with Crippen LogP contribution in [0, 0.1) is 5.92 Å². The summed E-state index contributed by atoms with van der Waals surface area (Å²) in [6.45, 7) is 4.11. The number of aromatic amines is 1. The highest BCUT2D eigenvalue weighted by Gasteiger charge is 2.42. The Morgan fingerprint density at radius 3 is 2.76 bits per heavy atom. The second kappa shape index (κ2) is 5.46. The minimum absolute atomic E-state index is 0.542. The Morgan fingerprint density at radius 2 is 2.08 bits per heavy atom. The molecule has 132 valence electrons. The zero-order valence-electron chi connectivity index (χ0n) is 14.8. The van der Waals surface area contributed by atoms with Gasteiger partial charge in [0.1, 0.15) is 22.8 Å². The highest BCUT2D eigenvalue weighted by Crippen LogP contribution is 2.41. The molecule has 2 aliphatic heterocycles. The summed E-state index contributed by atoms with van der Waals surface area (Å²) in [5.74, 6) is 1.56. The Bertz CT molecular complexity index is 913. The molecule has 0 radical (unpaired) electrons. The highest BCUT2D eigenvalue weighted by atomic mass is 16.3. The first-order chi connectivity index (χ1) is 12.2. The Balaban J connectivity index is 1.74. The summed E-state index contributed by atoms with van der Waals surface area (Å²) in [6.07, 6.45) is 9.36. The summed E-state index contributed by atoms with van der Waals surface area (Å²) in [5, 5.41) is 14.0. The quantitative estimate of drug-likeness (QED) is 0.768. The number of aliphatic hydroxyl groups excluding tert-OH is 1. The molecule has 0 aromatic carbocycles. The first-order valence-electron chi connectivity index (χ1n) is 9.48. The van der Waals surface area contributed by atoms with E-state index in [-0.39, 0.29) is 0 Å². The van der Waals surface area contributed by atoms with Crippen molar-refractivity contribution in [2.24, 2.45) is 5.92 Å². The third kappa shape index (κ3) is 2.13. The van der Waals surface area contributed by atoms with Gasteiger partial charge in [-0.2, -0.15) is 0 Å². The lowest BCUT2D eigenvalue weighted by Gasteiger charge is -2.42. The number of nitrogens with zero attached hydrogens (tertiary/aromatic N) is 4. The van der Waals surface area contributed by atoms with Crippen molar-refractivity contribution in [3.8, 4) is 0 Å². The molecule has 5 heterocycles. The van der Waals surface area contributed by atoms with Gasteiger partial charge in [0.15, 0.2) is 5.82 Å². The molecule has 3 aromatic heterocycles. The molecule has 0 amide bonds. The van der Waals surface area contributed by atoms with Crippen molar-refractivity contribution < 1.29 is 5.11 Å². The van der Waals surface area contributed by atoms with Crippen LogP contribution < -0.4 is 5.01 Å². The molecule has 2 saturated heterocycles. The van der Waals surface area contributed by atoms with Gasteiger partial charge >= 0.3 is 0 Å². The predicted octanol–water partition coefficient (Wildman–Crippen LogP) is 3.25. The second-order valence-electron chi connectivity index (χ2n) is 7.70. The van der Waals surface area contributed by atoms with Crippen molar-refractivity contribution >= 4 is 22.1 Å². The lowest BCUT2D eigenvalue weighted by atomic mass is 9.90. The van der Waals surface area contributed by atoms with Crippen LogP contribution in [0.5, 0.6) is 0 Å². The van der Waals surface area contributed by atoms with Gasteiger partial charge in [-0.25, -0.2) is 14.6 Å². The Labute approximate surface area is 146 Å². The normalized spacial score (nSPS) is 27.5. The molecule has 3 atom stereocenters. The molecule has 2 bridgehead atoms. The zero-order chi connectivity index (χ0) is 17.1. The van der Waals surface area contributed by atoms with Crippen LogP contribution in [0.25, 0.3) is 22.1 Å². The maximum atomic E-state index is 10.4. The molecular formula is C19H25N5O. The van der Waals surface area contributed by atoms with E-state index in [0.717, 1.165) is 33.8 Å². The van der Waals surface area contributed by atoms with Crippen LogP contribution in [0.4, 0.5) is 0 Å². The van der Waals surface area contributed by atoms with Crippen molar-refractivity contribution in [2.45, 2.75) is 64.1 Å². The van der Waals surface area contributed by atoms with Gasteiger partial charge in [0.25, 0.3) is 0 Å². The lowest BCUT2D eigenvalue weighted by molar-refractivity contribution is 0.178. The molecule has 0 spiro atoms. The van der Waals surface area contributed by atoms with E-state index in [2.05, 4.69) is 32.6 Å². The summed E-state index contributed by atoms with van der Waals surface area (Å²) in [4.78, 5) is 12.4. The lowest BCUT2D eigenvalue weighted by Crippen LogP contribution is -2.50.